The van der Waals surface area contributed by atoms with Gasteiger partial charge in [-0.15, -0.1) is 0 Å². The number of likely N-dealkylation sites (N-methyl/N-ethyl adjacent to an activating group) is 1. The zero-order valence-electron chi connectivity index (χ0n) is 11.0. The summed E-state index contributed by atoms with van der Waals surface area (Å²) in [5.74, 6) is -1.98. The SMILES string of the molecule is CN(CCO)C(=O)C[C@@H](Cc1ccccc1)C(=O)O. The lowest BCUT2D eigenvalue weighted by Crippen LogP contribution is -2.33. The summed E-state index contributed by atoms with van der Waals surface area (Å²) in [5, 5.41) is 17.9. The molecule has 0 saturated heterocycles. The van der Waals surface area contributed by atoms with Crippen LogP contribution in [0.1, 0.15) is 12.0 Å². The van der Waals surface area contributed by atoms with Crippen molar-refractivity contribution in [2.24, 2.45) is 5.92 Å². The first-order valence-corrected chi connectivity index (χ1v) is 6.16. The van der Waals surface area contributed by atoms with Gasteiger partial charge in [-0.1, -0.05) is 30.3 Å². The molecule has 0 saturated carbocycles. The number of rotatable bonds is 7. The Morgan fingerprint density at radius 2 is 1.89 bits per heavy atom. The lowest BCUT2D eigenvalue weighted by Gasteiger charge is -2.18. The van der Waals surface area contributed by atoms with E-state index in [4.69, 9.17) is 5.11 Å². The van der Waals surface area contributed by atoms with Crippen molar-refractivity contribution in [1.82, 2.24) is 4.90 Å². The van der Waals surface area contributed by atoms with E-state index in [1.165, 1.54) is 4.90 Å². The first-order chi connectivity index (χ1) is 9.04. The van der Waals surface area contributed by atoms with Crippen LogP contribution in [0.3, 0.4) is 0 Å². The maximum atomic E-state index is 11.8. The second-order valence-electron chi connectivity index (χ2n) is 4.47. The number of amides is 1. The molecule has 0 aliphatic rings. The van der Waals surface area contributed by atoms with Gasteiger partial charge in [0.15, 0.2) is 0 Å². The third kappa shape index (κ3) is 5.09. The van der Waals surface area contributed by atoms with E-state index in [1.807, 2.05) is 30.3 Å². The second kappa shape index (κ2) is 7.53. The molecule has 0 fully saturated rings. The number of aliphatic hydroxyl groups excluding tert-OH is 1. The standard InChI is InChI=1S/C14H19NO4/c1-15(7-8-16)13(17)10-12(14(18)19)9-11-5-3-2-4-6-11/h2-6,12,16H,7-10H2,1H3,(H,18,19)/t12-/m1/s1. The summed E-state index contributed by atoms with van der Waals surface area (Å²) in [6.45, 7) is 0.0924. The number of hydrogen-bond acceptors (Lipinski definition) is 3. The number of nitrogens with zero attached hydrogens (tertiary/aromatic N) is 1. The molecule has 1 aromatic carbocycles. The highest BCUT2D eigenvalue weighted by atomic mass is 16.4. The summed E-state index contributed by atoms with van der Waals surface area (Å²) in [5.41, 5.74) is 0.896. The number of carboxylic acids is 1. The Bertz CT molecular complexity index is 419. The highest BCUT2D eigenvalue weighted by Gasteiger charge is 2.23. The van der Waals surface area contributed by atoms with E-state index in [-0.39, 0.29) is 25.5 Å². The van der Waals surface area contributed by atoms with Gasteiger partial charge in [-0.3, -0.25) is 9.59 Å². The minimum Gasteiger partial charge on any atom is -0.481 e. The number of hydrogen-bond donors (Lipinski definition) is 2. The van der Waals surface area contributed by atoms with Gasteiger partial charge in [-0.2, -0.15) is 0 Å². The Balaban J connectivity index is 2.64. The van der Waals surface area contributed by atoms with Crippen LogP contribution in [0, 0.1) is 5.92 Å². The van der Waals surface area contributed by atoms with Crippen molar-refractivity contribution in [3.8, 4) is 0 Å². The van der Waals surface area contributed by atoms with Crippen molar-refractivity contribution < 1.29 is 19.8 Å². The molecule has 19 heavy (non-hydrogen) atoms. The Morgan fingerprint density at radius 1 is 1.26 bits per heavy atom. The molecule has 104 valence electrons. The van der Waals surface area contributed by atoms with Crippen LogP contribution < -0.4 is 0 Å². The van der Waals surface area contributed by atoms with Gasteiger partial charge in [-0.05, 0) is 12.0 Å². The largest absolute Gasteiger partial charge is 0.481 e. The number of carbonyl (C=O) groups excluding carboxylic acids is 1. The van der Waals surface area contributed by atoms with Crippen molar-refractivity contribution in [3.05, 3.63) is 35.9 Å². The molecule has 1 rings (SSSR count). The number of benzene rings is 1. The molecule has 1 atom stereocenters. The lowest BCUT2D eigenvalue weighted by molar-refractivity contribution is -0.145. The molecule has 0 aliphatic carbocycles. The van der Waals surface area contributed by atoms with E-state index in [2.05, 4.69) is 0 Å². The summed E-state index contributed by atoms with van der Waals surface area (Å²) in [6.07, 6.45) is 0.273. The molecule has 5 nitrogen and oxygen atoms in total. The Hall–Kier alpha value is -1.88. The third-order valence-electron chi connectivity index (χ3n) is 2.96. The van der Waals surface area contributed by atoms with Crippen LogP contribution >= 0.6 is 0 Å². The fraction of sp³-hybridized carbons (Fsp3) is 0.429. The van der Waals surface area contributed by atoms with Crippen molar-refractivity contribution >= 4 is 11.9 Å². The fourth-order valence-electron chi connectivity index (χ4n) is 1.79. The summed E-state index contributed by atoms with van der Waals surface area (Å²) >= 11 is 0. The number of carbonyl (C=O) groups is 2. The summed E-state index contributed by atoms with van der Waals surface area (Å²) < 4.78 is 0. The van der Waals surface area contributed by atoms with Gasteiger partial charge in [-0.25, -0.2) is 0 Å². The normalized spacial score (nSPS) is 11.9. The highest BCUT2D eigenvalue weighted by Crippen LogP contribution is 2.14. The number of aliphatic carboxylic acids is 1. The van der Waals surface area contributed by atoms with Crippen LogP contribution in [0.5, 0.6) is 0 Å². The molecular formula is C14H19NO4. The molecule has 0 heterocycles. The predicted molar refractivity (Wildman–Crippen MR) is 70.6 cm³/mol. The molecule has 0 radical (unpaired) electrons. The van der Waals surface area contributed by atoms with Gasteiger partial charge in [0.05, 0.1) is 12.5 Å². The lowest BCUT2D eigenvalue weighted by atomic mass is 9.96. The first-order valence-electron chi connectivity index (χ1n) is 6.16. The Kier molecular flexibility index (Phi) is 6.02. The van der Waals surface area contributed by atoms with Crippen molar-refractivity contribution in [2.45, 2.75) is 12.8 Å². The average Bonchev–Trinajstić information content (AvgIpc) is 2.39. The monoisotopic (exact) mass is 265 g/mol. The smallest absolute Gasteiger partial charge is 0.307 e. The van der Waals surface area contributed by atoms with Gasteiger partial charge in [0.25, 0.3) is 0 Å². The maximum absolute atomic E-state index is 11.8. The summed E-state index contributed by atoms with van der Waals surface area (Å²) in [4.78, 5) is 24.3. The molecule has 1 aromatic rings. The zero-order valence-corrected chi connectivity index (χ0v) is 11.0. The van der Waals surface area contributed by atoms with E-state index >= 15 is 0 Å². The van der Waals surface area contributed by atoms with Crippen LogP contribution in [0.25, 0.3) is 0 Å². The number of aliphatic hydroxyl groups is 1. The van der Waals surface area contributed by atoms with Crippen LogP contribution in [0.4, 0.5) is 0 Å². The van der Waals surface area contributed by atoms with E-state index in [0.717, 1.165) is 5.56 Å². The van der Waals surface area contributed by atoms with Crippen molar-refractivity contribution in [2.75, 3.05) is 20.2 Å². The topological polar surface area (TPSA) is 77.8 Å². The Labute approximate surface area is 112 Å². The number of carboxylic acid groups (broad SMARTS) is 1. The molecule has 2 N–H and O–H groups in total. The third-order valence-corrected chi connectivity index (χ3v) is 2.96. The molecule has 5 heteroatoms. The van der Waals surface area contributed by atoms with E-state index in [0.29, 0.717) is 6.42 Å². The molecule has 0 aromatic heterocycles. The van der Waals surface area contributed by atoms with Gasteiger partial charge in [0.2, 0.25) is 5.91 Å². The van der Waals surface area contributed by atoms with E-state index in [1.54, 1.807) is 7.05 Å². The van der Waals surface area contributed by atoms with E-state index < -0.39 is 11.9 Å². The van der Waals surface area contributed by atoms with Crippen LogP contribution in [-0.2, 0) is 16.0 Å². The predicted octanol–water partition coefficient (Wildman–Crippen LogP) is 0.771. The van der Waals surface area contributed by atoms with Gasteiger partial charge >= 0.3 is 5.97 Å². The summed E-state index contributed by atoms with van der Waals surface area (Å²) in [7, 11) is 1.56. The summed E-state index contributed by atoms with van der Waals surface area (Å²) in [6, 6.07) is 9.23. The van der Waals surface area contributed by atoms with Gasteiger partial charge < -0.3 is 15.1 Å². The van der Waals surface area contributed by atoms with Crippen molar-refractivity contribution in [1.29, 1.82) is 0 Å². The van der Waals surface area contributed by atoms with Crippen LogP contribution in [-0.4, -0.2) is 47.2 Å². The minimum absolute atomic E-state index is 0.0548. The Morgan fingerprint density at radius 3 is 2.42 bits per heavy atom. The molecule has 0 aliphatic heterocycles. The van der Waals surface area contributed by atoms with Crippen LogP contribution in [0.2, 0.25) is 0 Å². The highest BCUT2D eigenvalue weighted by molar-refractivity contribution is 5.82. The molecule has 1 amide bonds. The molecule has 0 spiro atoms. The quantitative estimate of drug-likeness (QED) is 0.763. The van der Waals surface area contributed by atoms with Crippen molar-refractivity contribution in [3.63, 3.8) is 0 Å². The van der Waals surface area contributed by atoms with Gasteiger partial charge in [0, 0.05) is 20.0 Å². The fourth-order valence-corrected chi connectivity index (χ4v) is 1.79. The van der Waals surface area contributed by atoms with Gasteiger partial charge in [0.1, 0.15) is 0 Å². The molecule has 0 bridgehead atoms. The second-order valence-corrected chi connectivity index (χ2v) is 4.47. The zero-order chi connectivity index (χ0) is 14.3. The van der Waals surface area contributed by atoms with E-state index in [9.17, 15) is 14.7 Å². The average molecular weight is 265 g/mol. The minimum atomic E-state index is -0.977. The molecule has 0 unspecified atom stereocenters. The first kappa shape index (κ1) is 15.2. The van der Waals surface area contributed by atoms with Crippen LogP contribution in [0.15, 0.2) is 30.3 Å². The maximum Gasteiger partial charge on any atom is 0.307 e. The molecular weight excluding hydrogens is 246 g/mol.